The summed E-state index contributed by atoms with van der Waals surface area (Å²) < 4.78 is 0. The number of carbonyl (C=O) groups is 1. The van der Waals surface area contributed by atoms with Crippen molar-refractivity contribution in [3.8, 4) is 0 Å². The van der Waals surface area contributed by atoms with Gasteiger partial charge in [0, 0.05) is 6.42 Å². The van der Waals surface area contributed by atoms with Crippen molar-refractivity contribution in [3.05, 3.63) is 0 Å². The summed E-state index contributed by atoms with van der Waals surface area (Å²) in [6.45, 7) is 11.8. The van der Waals surface area contributed by atoms with Crippen molar-refractivity contribution >= 4 is 5.78 Å². The molecule has 1 N–H and O–H groups in total. The van der Waals surface area contributed by atoms with Crippen molar-refractivity contribution in [1.29, 1.82) is 0 Å². The minimum atomic E-state index is 0.300. The number of nitrogens with one attached hydrogen (secondary N) is 1. The maximum absolute atomic E-state index is 10.8. The van der Waals surface area contributed by atoms with Gasteiger partial charge in [-0.2, -0.15) is 0 Å². The summed E-state index contributed by atoms with van der Waals surface area (Å²) in [6, 6.07) is 0. The lowest BCUT2D eigenvalue weighted by molar-refractivity contribution is -0.117. The van der Waals surface area contributed by atoms with Gasteiger partial charge < -0.3 is 5.32 Å². The minimum Gasteiger partial charge on any atom is -0.310 e. The quantitative estimate of drug-likeness (QED) is 0.648. The van der Waals surface area contributed by atoms with Crippen LogP contribution in [0.2, 0.25) is 0 Å². The Morgan fingerprint density at radius 2 is 1.85 bits per heavy atom. The van der Waals surface area contributed by atoms with E-state index < -0.39 is 0 Å². The summed E-state index contributed by atoms with van der Waals surface area (Å²) in [5.41, 5.74) is 0. The standard InChI is InChI=1S/C9H19NO.C2H6/c1-4-9(11)7-10-6-5-8(2)3;1-2/h8,10H,4-7H2,1-3H3;1-2H3. The molecule has 0 aliphatic carbocycles. The van der Waals surface area contributed by atoms with E-state index in [0.717, 1.165) is 18.9 Å². The molecular weight excluding hydrogens is 162 g/mol. The third-order valence-electron chi connectivity index (χ3n) is 1.61. The Balaban J connectivity index is 0. The highest BCUT2D eigenvalue weighted by Gasteiger charge is 1.97. The third-order valence-corrected chi connectivity index (χ3v) is 1.61. The van der Waals surface area contributed by atoms with E-state index in [-0.39, 0.29) is 0 Å². The summed E-state index contributed by atoms with van der Waals surface area (Å²) in [7, 11) is 0. The zero-order valence-corrected chi connectivity index (χ0v) is 9.81. The van der Waals surface area contributed by atoms with Crippen LogP contribution in [0.4, 0.5) is 0 Å². The third kappa shape index (κ3) is 14.5. The van der Waals surface area contributed by atoms with Gasteiger partial charge in [0.15, 0.2) is 0 Å². The molecule has 0 rings (SSSR count). The highest BCUT2D eigenvalue weighted by atomic mass is 16.1. The van der Waals surface area contributed by atoms with E-state index in [1.54, 1.807) is 0 Å². The Labute approximate surface area is 83.1 Å². The summed E-state index contributed by atoms with van der Waals surface area (Å²) in [6.07, 6.45) is 1.80. The molecule has 0 aliphatic heterocycles. The normalized spacial score (nSPS) is 9.38. The van der Waals surface area contributed by atoms with Gasteiger partial charge in [-0.05, 0) is 18.9 Å². The van der Waals surface area contributed by atoms with Crippen molar-refractivity contribution in [3.63, 3.8) is 0 Å². The van der Waals surface area contributed by atoms with Gasteiger partial charge in [0.05, 0.1) is 6.54 Å². The molecule has 2 heteroatoms. The first-order chi connectivity index (χ1) is 6.16. The van der Waals surface area contributed by atoms with Crippen LogP contribution in [0, 0.1) is 5.92 Å². The van der Waals surface area contributed by atoms with Crippen molar-refractivity contribution in [1.82, 2.24) is 5.32 Å². The molecule has 0 spiro atoms. The largest absolute Gasteiger partial charge is 0.310 e. The zero-order valence-electron chi connectivity index (χ0n) is 9.81. The van der Waals surface area contributed by atoms with Crippen LogP contribution in [0.3, 0.4) is 0 Å². The van der Waals surface area contributed by atoms with Crippen LogP contribution in [0.15, 0.2) is 0 Å². The van der Waals surface area contributed by atoms with Crippen LogP contribution in [0.1, 0.15) is 47.5 Å². The Bertz CT molecular complexity index is 111. The predicted octanol–water partition coefficient (Wildman–Crippen LogP) is 2.63. The maximum Gasteiger partial charge on any atom is 0.146 e. The number of carbonyl (C=O) groups excluding carboxylic acids is 1. The monoisotopic (exact) mass is 187 g/mol. The second-order valence-electron chi connectivity index (χ2n) is 3.25. The molecule has 0 bridgehead atoms. The average molecular weight is 187 g/mol. The van der Waals surface area contributed by atoms with Crippen LogP contribution in [0.25, 0.3) is 0 Å². The number of hydrogen-bond donors (Lipinski definition) is 1. The highest BCUT2D eigenvalue weighted by Crippen LogP contribution is 1.95. The van der Waals surface area contributed by atoms with Gasteiger partial charge in [0.25, 0.3) is 0 Å². The molecule has 0 saturated heterocycles. The Kier molecular flexibility index (Phi) is 13.5. The summed E-state index contributed by atoms with van der Waals surface area (Å²) >= 11 is 0. The second-order valence-corrected chi connectivity index (χ2v) is 3.25. The molecule has 0 aromatic carbocycles. The van der Waals surface area contributed by atoms with Crippen LogP contribution in [-0.2, 0) is 4.79 Å². The van der Waals surface area contributed by atoms with Gasteiger partial charge in [-0.15, -0.1) is 0 Å². The first-order valence-corrected chi connectivity index (χ1v) is 5.39. The van der Waals surface area contributed by atoms with E-state index in [9.17, 15) is 4.79 Å². The molecule has 0 fully saturated rings. The second kappa shape index (κ2) is 11.6. The SMILES string of the molecule is CC.CCC(=O)CNCCC(C)C. The Morgan fingerprint density at radius 1 is 1.31 bits per heavy atom. The highest BCUT2D eigenvalue weighted by molar-refractivity contribution is 5.79. The van der Waals surface area contributed by atoms with E-state index in [0.29, 0.717) is 18.7 Å². The fourth-order valence-corrected chi connectivity index (χ4v) is 0.744. The molecule has 13 heavy (non-hydrogen) atoms. The maximum atomic E-state index is 10.8. The fourth-order valence-electron chi connectivity index (χ4n) is 0.744. The van der Waals surface area contributed by atoms with Gasteiger partial charge in [-0.3, -0.25) is 4.79 Å². The smallest absolute Gasteiger partial charge is 0.146 e. The number of hydrogen-bond acceptors (Lipinski definition) is 2. The zero-order chi connectivity index (χ0) is 10.7. The van der Waals surface area contributed by atoms with Gasteiger partial charge in [-0.1, -0.05) is 34.6 Å². The lowest BCUT2D eigenvalue weighted by atomic mass is 10.1. The molecular formula is C11H25NO. The minimum absolute atomic E-state index is 0.300. The van der Waals surface area contributed by atoms with Crippen molar-refractivity contribution in [2.24, 2.45) is 5.92 Å². The van der Waals surface area contributed by atoms with E-state index in [1.165, 1.54) is 0 Å². The molecule has 0 heterocycles. The molecule has 0 aliphatic rings. The van der Waals surface area contributed by atoms with Crippen LogP contribution in [-0.4, -0.2) is 18.9 Å². The summed E-state index contributed by atoms with van der Waals surface area (Å²) in [5.74, 6) is 1.02. The molecule has 0 saturated carbocycles. The molecule has 0 unspecified atom stereocenters. The Hall–Kier alpha value is -0.370. The van der Waals surface area contributed by atoms with E-state index >= 15 is 0 Å². The Morgan fingerprint density at radius 3 is 2.23 bits per heavy atom. The topological polar surface area (TPSA) is 29.1 Å². The van der Waals surface area contributed by atoms with Crippen LogP contribution < -0.4 is 5.32 Å². The summed E-state index contributed by atoms with van der Waals surface area (Å²) in [5, 5.41) is 3.12. The van der Waals surface area contributed by atoms with E-state index in [2.05, 4.69) is 19.2 Å². The molecule has 80 valence electrons. The molecule has 0 atom stereocenters. The number of rotatable bonds is 6. The average Bonchev–Trinajstić information content (AvgIpc) is 2.15. The molecule has 0 aromatic heterocycles. The lowest BCUT2D eigenvalue weighted by Crippen LogP contribution is -2.24. The van der Waals surface area contributed by atoms with Crippen LogP contribution in [0.5, 0.6) is 0 Å². The molecule has 2 nitrogen and oxygen atoms in total. The number of Topliss-reactive ketones (excluding diaryl/α,β-unsaturated/α-hetero) is 1. The predicted molar refractivity (Wildman–Crippen MR) is 59.0 cm³/mol. The van der Waals surface area contributed by atoms with Crippen molar-refractivity contribution in [2.45, 2.75) is 47.5 Å². The van der Waals surface area contributed by atoms with Gasteiger partial charge in [0.2, 0.25) is 0 Å². The molecule has 0 radical (unpaired) electrons. The first kappa shape index (κ1) is 15.1. The lowest BCUT2D eigenvalue weighted by Gasteiger charge is -2.04. The molecule has 0 aromatic rings. The van der Waals surface area contributed by atoms with Gasteiger partial charge in [-0.25, -0.2) is 0 Å². The number of ketones is 1. The van der Waals surface area contributed by atoms with Crippen LogP contribution >= 0.6 is 0 Å². The fraction of sp³-hybridized carbons (Fsp3) is 0.909. The first-order valence-electron chi connectivity index (χ1n) is 5.39. The molecule has 0 amide bonds. The van der Waals surface area contributed by atoms with E-state index in [4.69, 9.17) is 0 Å². The van der Waals surface area contributed by atoms with Crippen molar-refractivity contribution < 1.29 is 4.79 Å². The van der Waals surface area contributed by atoms with E-state index in [1.807, 2.05) is 20.8 Å². The van der Waals surface area contributed by atoms with Crippen molar-refractivity contribution in [2.75, 3.05) is 13.1 Å². The van der Waals surface area contributed by atoms with Gasteiger partial charge in [0.1, 0.15) is 5.78 Å². The summed E-state index contributed by atoms with van der Waals surface area (Å²) in [4.78, 5) is 10.8. The van der Waals surface area contributed by atoms with Gasteiger partial charge >= 0.3 is 0 Å².